The van der Waals surface area contributed by atoms with Gasteiger partial charge in [-0.05, 0) is 40.2 Å². The monoisotopic (exact) mass is 368 g/mol. The maximum atomic E-state index is 12.1. The van der Waals surface area contributed by atoms with Crippen molar-refractivity contribution in [3.05, 3.63) is 61.3 Å². The van der Waals surface area contributed by atoms with Gasteiger partial charge in [0.2, 0.25) is 0 Å². The molecule has 0 saturated heterocycles. The summed E-state index contributed by atoms with van der Waals surface area (Å²) >= 11 is 15.6. The lowest BCUT2D eigenvalue weighted by Gasteiger charge is -2.07. The van der Waals surface area contributed by atoms with Gasteiger partial charge in [-0.2, -0.15) is 0 Å². The molecule has 1 heterocycles. The highest BCUT2D eigenvalue weighted by atomic mass is 79.9. The van der Waals surface area contributed by atoms with Crippen LogP contribution in [0.25, 0.3) is 22.3 Å². The molecule has 0 amide bonds. The smallest absolute Gasteiger partial charge is 0.259 e. The molecule has 0 spiro atoms. The third kappa shape index (κ3) is 2.24. The zero-order valence-electron chi connectivity index (χ0n) is 9.95. The molecule has 0 atom stereocenters. The van der Waals surface area contributed by atoms with Crippen molar-refractivity contribution < 1.29 is 0 Å². The Morgan fingerprint density at radius 1 is 1.05 bits per heavy atom. The first-order valence-electron chi connectivity index (χ1n) is 5.71. The van der Waals surface area contributed by atoms with E-state index in [4.69, 9.17) is 23.2 Å². The number of nitrogens with zero attached hydrogens (tertiary/aromatic N) is 1. The highest BCUT2D eigenvalue weighted by molar-refractivity contribution is 9.10. The van der Waals surface area contributed by atoms with Crippen molar-refractivity contribution in [3.63, 3.8) is 0 Å². The fourth-order valence-electron chi connectivity index (χ4n) is 1.92. The molecule has 0 aliphatic carbocycles. The van der Waals surface area contributed by atoms with Gasteiger partial charge >= 0.3 is 0 Å². The normalized spacial score (nSPS) is 10.9. The Hall–Kier alpha value is -1.36. The average molecular weight is 370 g/mol. The number of halogens is 3. The van der Waals surface area contributed by atoms with E-state index in [2.05, 4.69) is 25.9 Å². The Balaban J connectivity index is 2.31. The molecule has 0 aliphatic rings. The van der Waals surface area contributed by atoms with Crippen LogP contribution in [0.2, 0.25) is 10.0 Å². The van der Waals surface area contributed by atoms with E-state index in [1.54, 1.807) is 30.3 Å². The first-order chi connectivity index (χ1) is 9.58. The largest absolute Gasteiger partial charge is 0.306 e. The zero-order chi connectivity index (χ0) is 14.3. The average Bonchev–Trinajstić information content (AvgIpc) is 2.45. The minimum Gasteiger partial charge on any atom is -0.306 e. The summed E-state index contributed by atoms with van der Waals surface area (Å²) in [5, 5.41) is 1.27. The second kappa shape index (κ2) is 5.20. The molecule has 0 fully saturated rings. The molecule has 0 saturated carbocycles. The Kier molecular flexibility index (Phi) is 3.54. The molecular formula is C14H7BrCl2N2O. The van der Waals surface area contributed by atoms with Gasteiger partial charge in [-0.15, -0.1) is 0 Å². The maximum Gasteiger partial charge on any atom is 0.259 e. The predicted octanol–water partition coefficient (Wildman–Crippen LogP) is 4.66. The van der Waals surface area contributed by atoms with Crippen LogP contribution in [0.15, 0.2) is 45.7 Å². The molecule has 6 heteroatoms. The molecule has 1 N–H and O–H groups in total. The molecule has 3 nitrogen and oxygen atoms in total. The summed E-state index contributed by atoms with van der Waals surface area (Å²) in [5.41, 5.74) is 0.991. The molecule has 100 valence electrons. The number of hydrogen-bond acceptors (Lipinski definition) is 2. The summed E-state index contributed by atoms with van der Waals surface area (Å²) in [5.74, 6) is 0.396. The minimum absolute atomic E-state index is 0.208. The fraction of sp³-hybridized carbons (Fsp3) is 0. The minimum atomic E-state index is -0.208. The summed E-state index contributed by atoms with van der Waals surface area (Å²) < 4.78 is 0.691. The first kappa shape index (κ1) is 13.6. The molecule has 0 aliphatic heterocycles. The molecule has 20 heavy (non-hydrogen) atoms. The van der Waals surface area contributed by atoms with E-state index in [1.807, 2.05) is 6.07 Å². The molecule has 3 rings (SSSR count). The van der Waals surface area contributed by atoms with Gasteiger partial charge in [0.1, 0.15) is 5.82 Å². The number of nitrogens with one attached hydrogen (secondary N) is 1. The highest BCUT2D eigenvalue weighted by Crippen LogP contribution is 2.36. The Morgan fingerprint density at radius 2 is 1.80 bits per heavy atom. The first-order valence-corrected chi connectivity index (χ1v) is 7.26. The summed E-state index contributed by atoms with van der Waals surface area (Å²) in [6.45, 7) is 0. The molecule has 2 aromatic carbocycles. The lowest BCUT2D eigenvalue weighted by molar-refractivity contribution is 1.18. The Labute approximate surface area is 132 Å². The second-order valence-electron chi connectivity index (χ2n) is 4.15. The van der Waals surface area contributed by atoms with E-state index in [0.29, 0.717) is 36.8 Å². The van der Waals surface area contributed by atoms with Crippen LogP contribution in [0.5, 0.6) is 0 Å². The number of hydrogen-bond donors (Lipinski definition) is 1. The van der Waals surface area contributed by atoms with E-state index in [0.717, 1.165) is 0 Å². The number of aromatic amines is 1. The van der Waals surface area contributed by atoms with E-state index >= 15 is 0 Å². The molecule has 0 radical (unpaired) electrons. The van der Waals surface area contributed by atoms with E-state index < -0.39 is 0 Å². The lowest BCUT2D eigenvalue weighted by Crippen LogP contribution is -2.09. The number of aromatic nitrogens is 2. The van der Waals surface area contributed by atoms with Crippen molar-refractivity contribution in [1.29, 1.82) is 0 Å². The maximum absolute atomic E-state index is 12.1. The van der Waals surface area contributed by atoms with Crippen LogP contribution in [-0.4, -0.2) is 9.97 Å². The Bertz CT molecular complexity index is 877. The quantitative estimate of drug-likeness (QED) is 0.634. The van der Waals surface area contributed by atoms with Crippen LogP contribution in [0.3, 0.4) is 0 Å². The third-order valence-corrected chi connectivity index (χ3v) is 4.67. The van der Waals surface area contributed by atoms with Crippen molar-refractivity contribution in [2.45, 2.75) is 0 Å². The summed E-state index contributed by atoms with van der Waals surface area (Å²) in [6.07, 6.45) is 0. The topological polar surface area (TPSA) is 45.8 Å². The van der Waals surface area contributed by atoms with Crippen LogP contribution >= 0.6 is 39.1 Å². The van der Waals surface area contributed by atoms with Gasteiger partial charge in [0, 0.05) is 10.0 Å². The van der Waals surface area contributed by atoms with E-state index in [-0.39, 0.29) is 5.56 Å². The zero-order valence-corrected chi connectivity index (χ0v) is 13.1. The lowest BCUT2D eigenvalue weighted by atomic mass is 10.2. The van der Waals surface area contributed by atoms with Gasteiger partial charge in [-0.1, -0.05) is 35.3 Å². The van der Waals surface area contributed by atoms with Gasteiger partial charge in [-0.3, -0.25) is 4.79 Å². The van der Waals surface area contributed by atoms with Crippen LogP contribution in [0.1, 0.15) is 0 Å². The van der Waals surface area contributed by atoms with Crippen molar-refractivity contribution in [2.24, 2.45) is 0 Å². The summed E-state index contributed by atoms with van der Waals surface area (Å²) in [4.78, 5) is 19.2. The number of rotatable bonds is 1. The van der Waals surface area contributed by atoms with Gasteiger partial charge in [-0.25, -0.2) is 4.98 Å². The predicted molar refractivity (Wildman–Crippen MR) is 85.5 cm³/mol. The SMILES string of the molecule is O=c1[nH]c(-c2ccc(Br)c(Cl)c2Cl)nc2ccccc12. The number of para-hydroxylation sites is 1. The van der Waals surface area contributed by atoms with Crippen molar-refractivity contribution in [2.75, 3.05) is 0 Å². The van der Waals surface area contributed by atoms with E-state index in [9.17, 15) is 4.79 Å². The highest BCUT2D eigenvalue weighted by Gasteiger charge is 2.13. The number of fused-ring (bicyclic) bond motifs is 1. The van der Waals surface area contributed by atoms with Crippen LogP contribution in [0.4, 0.5) is 0 Å². The van der Waals surface area contributed by atoms with Gasteiger partial charge in [0.15, 0.2) is 0 Å². The van der Waals surface area contributed by atoms with Crippen LogP contribution < -0.4 is 5.56 Å². The van der Waals surface area contributed by atoms with E-state index in [1.165, 1.54) is 0 Å². The van der Waals surface area contributed by atoms with Crippen LogP contribution in [0, 0.1) is 0 Å². The number of benzene rings is 2. The van der Waals surface area contributed by atoms with Gasteiger partial charge in [0.25, 0.3) is 5.56 Å². The molecule has 3 aromatic rings. The summed E-state index contributed by atoms with van der Waals surface area (Å²) in [7, 11) is 0. The Morgan fingerprint density at radius 3 is 2.60 bits per heavy atom. The summed E-state index contributed by atoms with van der Waals surface area (Å²) in [6, 6.07) is 10.6. The van der Waals surface area contributed by atoms with Gasteiger partial charge < -0.3 is 4.98 Å². The van der Waals surface area contributed by atoms with Crippen LogP contribution in [-0.2, 0) is 0 Å². The van der Waals surface area contributed by atoms with Crippen molar-refractivity contribution in [1.82, 2.24) is 9.97 Å². The molecule has 0 unspecified atom stereocenters. The fourth-order valence-corrected chi connectivity index (χ4v) is 2.79. The van der Waals surface area contributed by atoms with Gasteiger partial charge in [0.05, 0.1) is 20.9 Å². The van der Waals surface area contributed by atoms with Crippen molar-refractivity contribution in [3.8, 4) is 11.4 Å². The molecule has 0 bridgehead atoms. The standard InChI is InChI=1S/C14H7BrCl2N2O/c15-9-6-5-8(11(16)12(9)17)13-18-10-4-2-1-3-7(10)14(20)19-13/h1-6H,(H,18,19,20). The second-order valence-corrected chi connectivity index (χ2v) is 5.76. The molecular weight excluding hydrogens is 363 g/mol. The third-order valence-electron chi connectivity index (χ3n) is 2.90. The number of H-pyrrole nitrogens is 1. The molecule has 1 aromatic heterocycles. The van der Waals surface area contributed by atoms with Crippen molar-refractivity contribution >= 4 is 50.0 Å².